The quantitative estimate of drug-likeness (QED) is 0.620. The van der Waals surface area contributed by atoms with E-state index < -0.39 is 0 Å². The van der Waals surface area contributed by atoms with E-state index >= 15 is 0 Å². The van der Waals surface area contributed by atoms with Crippen molar-refractivity contribution in [2.45, 2.75) is 27.2 Å². The highest BCUT2D eigenvalue weighted by Gasteiger charge is 2.18. The van der Waals surface area contributed by atoms with Crippen LogP contribution >= 0.6 is 0 Å². The Labute approximate surface area is 128 Å². The van der Waals surface area contributed by atoms with Gasteiger partial charge in [0.15, 0.2) is 0 Å². The van der Waals surface area contributed by atoms with Gasteiger partial charge in [-0.15, -0.1) is 0 Å². The van der Waals surface area contributed by atoms with Crippen molar-refractivity contribution in [2.24, 2.45) is 12.8 Å². The molecule has 0 unspecified atom stereocenters. The molecule has 0 aromatic carbocycles. The van der Waals surface area contributed by atoms with Gasteiger partial charge in [0.1, 0.15) is 5.82 Å². The standard InChI is InChI=1S/C15H30N4O2/c1-5-20-11-9-19(10-12-21-6-2)15-14(7-8-16)13(3)17-18(15)4/h5-12,16H2,1-4H3. The first-order valence-electron chi connectivity index (χ1n) is 7.78. The Morgan fingerprint density at radius 2 is 1.71 bits per heavy atom. The number of aryl methyl sites for hydroxylation is 2. The normalized spacial score (nSPS) is 11.1. The maximum Gasteiger partial charge on any atom is 0.130 e. The summed E-state index contributed by atoms with van der Waals surface area (Å²) in [4.78, 5) is 2.29. The number of nitrogens with zero attached hydrogens (tertiary/aromatic N) is 3. The molecule has 0 saturated carbocycles. The monoisotopic (exact) mass is 298 g/mol. The van der Waals surface area contributed by atoms with E-state index in [-0.39, 0.29) is 0 Å². The Morgan fingerprint density at radius 1 is 1.14 bits per heavy atom. The van der Waals surface area contributed by atoms with Crippen molar-refractivity contribution in [3.8, 4) is 0 Å². The predicted octanol–water partition coefficient (Wildman–Crippen LogP) is 1.11. The zero-order valence-corrected chi connectivity index (χ0v) is 13.9. The van der Waals surface area contributed by atoms with Crippen LogP contribution in [0.3, 0.4) is 0 Å². The summed E-state index contributed by atoms with van der Waals surface area (Å²) in [6, 6.07) is 0. The first-order chi connectivity index (χ1) is 10.2. The summed E-state index contributed by atoms with van der Waals surface area (Å²) in [5.41, 5.74) is 8.03. The molecule has 122 valence electrons. The predicted molar refractivity (Wildman–Crippen MR) is 85.9 cm³/mol. The summed E-state index contributed by atoms with van der Waals surface area (Å²) in [5, 5.41) is 4.54. The Bertz CT molecular complexity index is 397. The average molecular weight is 298 g/mol. The van der Waals surface area contributed by atoms with Crippen molar-refractivity contribution in [2.75, 3.05) is 51.0 Å². The molecule has 0 aliphatic rings. The van der Waals surface area contributed by atoms with Gasteiger partial charge in [-0.2, -0.15) is 5.10 Å². The van der Waals surface area contributed by atoms with Gasteiger partial charge in [0.2, 0.25) is 0 Å². The second kappa shape index (κ2) is 9.76. The van der Waals surface area contributed by atoms with Crippen molar-refractivity contribution < 1.29 is 9.47 Å². The Balaban J connectivity index is 2.88. The second-order valence-electron chi connectivity index (χ2n) is 4.93. The molecule has 1 rings (SSSR count). The van der Waals surface area contributed by atoms with E-state index in [0.717, 1.165) is 44.2 Å². The summed E-state index contributed by atoms with van der Waals surface area (Å²) >= 11 is 0. The molecule has 2 N–H and O–H groups in total. The van der Waals surface area contributed by atoms with Gasteiger partial charge in [-0.05, 0) is 33.7 Å². The van der Waals surface area contributed by atoms with Gasteiger partial charge < -0.3 is 20.1 Å². The topological polar surface area (TPSA) is 65.5 Å². The van der Waals surface area contributed by atoms with Gasteiger partial charge >= 0.3 is 0 Å². The van der Waals surface area contributed by atoms with Gasteiger partial charge in [0.05, 0.1) is 18.9 Å². The van der Waals surface area contributed by atoms with E-state index in [1.807, 2.05) is 32.5 Å². The Hall–Kier alpha value is -1.11. The highest BCUT2D eigenvalue weighted by atomic mass is 16.5. The van der Waals surface area contributed by atoms with Crippen LogP contribution in [0.25, 0.3) is 0 Å². The van der Waals surface area contributed by atoms with Gasteiger partial charge in [-0.25, -0.2) is 0 Å². The third-order valence-corrected chi connectivity index (χ3v) is 3.43. The molecule has 21 heavy (non-hydrogen) atoms. The highest BCUT2D eigenvalue weighted by molar-refractivity contribution is 5.50. The summed E-state index contributed by atoms with van der Waals surface area (Å²) in [7, 11) is 1.98. The number of hydrogen-bond acceptors (Lipinski definition) is 5. The maximum atomic E-state index is 5.75. The molecule has 0 aliphatic carbocycles. The molecule has 0 spiro atoms. The highest BCUT2D eigenvalue weighted by Crippen LogP contribution is 2.23. The van der Waals surface area contributed by atoms with Crippen molar-refractivity contribution in [3.63, 3.8) is 0 Å². The Morgan fingerprint density at radius 3 is 2.19 bits per heavy atom. The van der Waals surface area contributed by atoms with Crippen LogP contribution in [0.4, 0.5) is 5.82 Å². The van der Waals surface area contributed by atoms with Gasteiger partial charge in [0.25, 0.3) is 0 Å². The summed E-state index contributed by atoms with van der Waals surface area (Å²) in [6.45, 7) is 11.2. The van der Waals surface area contributed by atoms with Crippen LogP contribution in [0.2, 0.25) is 0 Å². The van der Waals surface area contributed by atoms with Crippen LogP contribution in [0, 0.1) is 6.92 Å². The largest absolute Gasteiger partial charge is 0.380 e. The van der Waals surface area contributed by atoms with Crippen molar-refractivity contribution in [3.05, 3.63) is 11.3 Å². The molecular formula is C15H30N4O2. The molecule has 6 nitrogen and oxygen atoms in total. The van der Waals surface area contributed by atoms with E-state index in [0.29, 0.717) is 19.8 Å². The molecule has 0 aliphatic heterocycles. The zero-order chi connectivity index (χ0) is 15.7. The van der Waals surface area contributed by atoms with Crippen LogP contribution in [-0.4, -0.2) is 55.8 Å². The summed E-state index contributed by atoms with van der Waals surface area (Å²) in [5.74, 6) is 1.14. The first kappa shape index (κ1) is 17.9. The molecule has 0 bridgehead atoms. The lowest BCUT2D eigenvalue weighted by atomic mass is 10.1. The van der Waals surface area contributed by atoms with Gasteiger partial charge in [-0.1, -0.05) is 0 Å². The zero-order valence-electron chi connectivity index (χ0n) is 13.9. The van der Waals surface area contributed by atoms with E-state index in [1.165, 1.54) is 5.56 Å². The minimum atomic E-state index is 0.629. The fraction of sp³-hybridized carbons (Fsp3) is 0.800. The number of hydrogen-bond donors (Lipinski definition) is 1. The van der Waals surface area contributed by atoms with Crippen LogP contribution in [0.1, 0.15) is 25.1 Å². The molecule has 1 aromatic rings. The molecule has 0 radical (unpaired) electrons. The van der Waals surface area contributed by atoms with Crippen molar-refractivity contribution in [1.82, 2.24) is 9.78 Å². The molecule has 0 fully saturated rings. The van der Waals surface area contributed by atoms with Crippen molar-refractivity contribution >= 4 is 5.82 Å². The summed E-state index contributed by atoms with van der Waals surface area (Å²) < 4.78 is 12.9. The van der Waals surface area contributed by atoms with E-state index in [4.69, 9.17) is 15.2 Å². The number of aromatic nitrogens is 2. The lowest BCUT2D eigenvalue weighted by Crippen LogP contribution is -2.33. The molecule has 6 heteroatoms. The molecule has 1 heterocycles. The lowest BCUT2D eigenvalue weighted by Gasteiger charge is -2.26. The second-order valence-corrected chi connectivity index (χ2v) is 4.93. The number of anilines is 1. The number of rotatable bonds is 11. The average Bonchev–Trinajstić information content (AvgIpc) is 2.73. The first-order valence-corrected chi connectivity index (χ1v) is 7.78. The fourth-order valence-electron chi connectivity index (χ4n) is 2.48. The molecule has 0 saturated heterocycles. The number of nitrogens with two attached hydrogens (primary N) is 1. The molecular weight excluding hydrogens is 268 g/mol. The minimum absolute atomic E-state index is 0.629. The maximum absolute atomic E-state index is 5.75. The third-order valence-electron chi connectivity index (χ3n) is 3.43. The van der Waals surface area contributed by atoms with Crippen molar-refractivity contribution in [1.29, 1.82) is 0 Å². The third kappa shape index (κ3) is 5.30. The van der Waals surface area contributed by atoms with Crippen LogP contribution in [0.15, 0.2) is 0 Å². The lowest BCUT2D eigenvalue weighted by molar-refractivity contribution is 0.141. The smallest absolute Gasteiger partial charge is 0.130 e. The van der Waals surface area contributed by atoms with Gasteiger partial charge in [0, 0.05) is 38.9 Å². The van der Waals surface area contributed by atoms with Crippen LogP contribution < -0.4 is 10.6 Å². The fourth-order valence-corrected chi connectivity index (χ4v) is 2.48. The Kier molecular flexibility index (Phi) is 8.34. The van der Waals surface area contributed by atoms with E-state index in [2.05, 4.69) is 10.00 Å². The minimum Gasteiger partial charge on any atom is -0.380 e. The SMILES string of the molecule is CCOCCN(CCOCC)c1c(CCN)c(C)nn1C. The molecule has 1 aromatic heterocycles. The molecule has 0 amide bonds. The van der Waals surface area contributed by atoms with Crippen LogP contribution in [-0.2, 0) is 22.9 Å². The summed E-state index contributed by atoms with van der Waals surface area (Å²) in [6.07, 6.45) is 0.842. The van der Waals surface area contributed by atoms with Crippen LogP contribution in [0.5, 0.6) is 0 Å². The van der Waals surface area contributed by atoms with E-state index in [1.54, 1.807) is 0 Å². The van der Waals surface area contributed by atoms with Gasteiger partial charge in [-0.3, -0.25) is 4.68 Å². The molecule has 0 atom stereocenters. The van der Waals surface area contributed by atoms with E-state index in [9.17, 15) is 0 Å². The number of ether oxygens (including phenoxy) is 2.